The lowest BCUT2D eigenvalue weighted by atomic mass is 9.84. The minimum Gasteiger partial charge on any atom is -0.396 e. The zero-order chi connectivity index (χ0) is 16.9. The molecule has 0 aliphatic heterocycles. The van der Waals surface area contributed by atoms with E-state index in [1.54, 1.807) is 19.8 Å². The van der Waals surface area contributed by atoms with Crippen LogP contribution in [0.25, 0.3) is 0 Å². The lowest BCUT2D eigenvalue weighted by molar-refractivity contribution is -0.343. The molecule has 2 N–H and O–H groups in total. The summed E-state index contributed by atoms with van der Waals surface area (Å²) in [7, 11) is 0. The molecule has 0 unspecified atom stereocenters. The highest BCUT2D eigenvalue weighted by atomic mass is 19.4. The molecule has 0 saturated heterocycles. The van der Waals surface area contributed by atoms with Gasteiger partial charge in [-0.15, -0.1) is 0 Å². The van der Waals surface area contributed by atoms with Gasteiger partial charge in [-0.2, -0.15) is 26.3 Å². The second-order valence-corrected chi connectivity index (χ2v) is 5.53. The molecule has 0 aliphatic rings. The van der Waals surface area contributed by atoms with E-state index >= 15 is 0 Å². The molecule has 0 radical (unpaired) electrons. The molecular formula is C13H18F6O2. The van der Waals surface area contributed by atoms with Gasteiger partial charge in [-0.1, -0.05) is 26.2 Å². The van der Waals surface area contributed by atoms with Crippen molar-refractivity contribution in [3.63, 3.8) is 0 Å². The molecule has 0 rings (SSSR count). The molecule has 21 heavy (non-hydrogen) atoms. The zero-order valence-electron chi connectivity index (χ0n) is 11.7. The third kappa shape index (κ3) is 5.75. The fraction of sp³-hybridized carbons (Fsp3) is 0.846. The fourth-order valence-electron chi connectivity index (χ4n) is 1.52. The van der Waals surface area contributed by atoms with Crippen LogP contribution < -0.4 is 0 Å². The number of hydrogen-bond acceptors (Lipinski definition) is 2. The molecule has 2 nitrogen and oxygen atoms in total. The lowest BCUT2D eigenvalue weighted by Gasteiger charge is -2.27. The van der Waals surface area contributed by atoms with Crippen molar-refractivity contribution in [2.24, 2.45) is 5.41 Å². The summed E-state index contributed by atoms with van der Waals surface area (Å²) in [5.41, 5.74) is -5.62. The van der Waals surface area contributed by atoms with Crippen LogP contribution in [0.1, 0.15) is 39.5 Å². The Balaban J connectivity index is 5.01. The van der Waals surface area contributed by atoms with Crippen molar-refractivity contribution < 1.29 is 36.6 Å². The van der Waals surface area contributed by atoms with Crippen LogP contribution in [0.2, 0.25) is 0 Å². The summed E-state index contributed by atoms with van der Waals surface area (Å²) in [5.74, 6) is 2.73. The molecule has 8 heteroatoms. The van der Waals surface area contributed by atoms with Crippen molar-refractivity contribution in [3.8, 4) is 11.8 Å². The summed E-state index contributed by atoms with van der Waals surface area (Å²) < 4.78 is 74.2. The van der Waals surface area contributed by atoms with Gasteiger partial charge in [0.25, 0.3) is 0 Å². The molecule has 0 aromatic rings. The van der Waals surface area contributed by atoms with Crippen molar-refractivity contribution in [3.05, 3.63) is 0 Å². The molecule has 0 heterocycles. The van der Waals surface area contributed by atoms with E-state index < -0.39 is 23.4 Å². The van der Waals surface area contributed by atoms with Crippen LogP contribution in [0.15, 0.2) is 0 Å². The van der Waals surface area contributed by atoms with Crippen LogP contribution >= 0.6 is 0 Å². The normalized spacial score (nSPS) is 13.8. The largest absolute Gasteiger partial charge is 0.438 e. The standard InChI is InChI=1S/C13H18F6O2/c1-10(2,6-3-4-9-20)7-5-8-11(21,12(14,15)16)13(17,18)19/h20-21H,3-4,6-7,9H2,1-2H3. The average Bonchev–Trinajstić information content (AvgIpc) is 2.25. The van der Waals surface area contributed by atoms with Gasteiger partial charge in [0, 0.05) is 13.0 Å². The van der Waals surface area contributed by atoms with Crippen molar-refractivity contribution in [2.45, 2.75) is 57.5 Å². The predicted molar refractivity (Wildman–Crippen MR) is 64.2 cm³/mol. The van der Waals surface area contributed by atoms with E-state index in [1.807, 2.05) is 0 Å². The summed E-state index contributed by atoms with van der Waals surface area (Å²) in [4.78, 5) is 0. The smallest absolute Gasteiger partial charge is 0.396 e. The van der Waals surface area contributed by atoms with E-state index in [0.717, 1.165) is 5.92 Å². The van der Waals surface area contributed by atoms with Gasteiger partial charge in [0.2, 0.25) is 0 Å². The lowest BCUT2D eigenvalue weighted by Crippen LogP contribution is -2.55. The topological polar surface area (TPSA) is 40.5 Å². The van der Waals surface area contributed by atoms with Crippen LogP contribution in [0.3, 0.4) is 0 Å². The average molecular weight is 320 g/mol. The van der Waals surface area contributed by atoms with Crippen LogP contribution in [0, 0.1) is 17.3 Å². The third-order valence-corrected chi connectivity index (χ3v) is 2.92. The maximum atomic E-state index is 12.4. The number of unbranched alkanes of at least 4 members (excludes halogenated alkanes) is 1. The van der Waals surface area contributed by atoms with E-state index in [2.05, 4.69) is 0 Å². The Labute approximate surface area is 119 Å². The second-order valence-electron chi connectivity index (χ2n) is 5.53. The summed E-state index contributed by atoms with van der Waals surface area (Å²) in [6.45, 7) is 3.24. The van der Waals surface area contributed by atoms with Crippen LogP contribution in [-0.2, 0) is 0 Å². The van der Waals surface area contributed by atoms with E-state index in [9.17, 15) is 26.3 Å². The molecule has 0 bridgehead atoms. The van der Waals surface area contributed by atoms with Gasteiger partial charge in [-0.25, -0.2) is 0 Å². The quantitative estimate of drug-likeness (QED) is 0.463. The van der Waals surface area contributed by atoms with Gasteiger partial charge < -0.3 is 10.2 Å². The Kier molecular flexibility index (Phi) is 6.57. The summed E-state index contributed by atoms with van der Waals surface area (Å²) in [6.07, 6.45) is -10.5. The Morgan fingerprint density at radius 1 is 0.905 bits per heavy atom. The van der Waals surface area contributed by atoms with Crippen LogP contribution in [0.4, 0.5) is 26.3 Å². The van der Waals surface area contributed by atoms with Crippen molar-refractivity contribution >= 4 is 0 Å². The van der Waals surface area contributed by atoms with E-state index in [4.69, 9.17) is 10.2 Å². The summed E-state index contributed by atoms with van der Waals surface area (Å²) >= 11 is 0. The number of aliphatic hydroxyl groups is 2. The summed E-state index contributed by atoms with van der Waals surface area (Å²) in [5, 5.41) is 17.5. The van der Waals surface area contributed by atoms with Crippen LogP contribution in [0.5, 0.6) is 0 Å². The number of aliphatic hydroxyl groups excluding tert-OH is 1. The highest BCUT2D eigenvalue weighted by molar-refractivity contribution is 5.21. The molecule has 0 saturated carbocycles. The molecule has 0 aromatic heterocycles. The monoisotopic (exact) mass is 320 g/mol. The van der Waals surface area contributed by atoms with Gasteiger partial charge in [0.05, 0.1) is 0 Å². The van der Waals surface area contributed by atoms with Gasteiger partial charge >= 0.3 is 18.0 Å². The second kappa shape index (κ2) is 6.88. The Morgan fingerprint density at radius 2 is 1.38 bits per heavy atom. The van der Waals surface area contributed by atoms with Crippen molar-refractivity contribution in [1.82, 2.24) is 0 Å². The number of rotatable bonds is 5. The van der Waals surface area contributed by atoms with Gasteiger partial charge in [0.15, 0.2) is 0 Å². The van der Waals surface area contributed by atoms with Crippen molar-refractivity contribution in [2.75, 3.05) is 6.61 Å². The van der Waals surface area contributed by atoms with Crippen LogP contribution in [-0.4, -0.2) is 34.8 Å². The number of alkyl halides is 6. The Morgan fingerprint density at radius 3 is 1.76 bits per heavy atom. The zero-order valence-corrected chi connectivity index (χ0v) is 11.7. The van der Waals surface area contributed by atoms with E-state index in [1.165, 1.54) is 0 Å². The SMILES string of the molecule is CC(C)(CC#CC(O)(C(F)(F)F)C(F)(F)F)CCCCO. The fourth-order valence-corrected chi connectivity index (χ4v) is 1.52. The maximum absolute atomic E-state index is 12.4. The maximum Gasteiger partial charge on any atom is 0.438 e. The molecule has 0 fully saturated rings. The predicted octanol–water partition coefficient (Wildman–Crippen LogP) is 3.42. The first-order valence-electron chi connectivity index (χ1n) is 6.23. The molecular weight excluding hydrogens is 302 g/mol. The highest BCUT2D eigenvalue weighted by Crippen LogP contribution is 2.42. The summed E-state index contributed by atoms with van der Waals surface area (Å²) in [6, 6.07) is 0. The molecule has 0 aromatic carbocycles. The third-order valence-electron chi connectivity index (χ3n) is 2.92. The van der Waals surface area contributed by atoms with E-state index in [-0.39, 0.29) is 13.0 Å². The number of halogens is 6. The Bertz CT molecular complexity index is 372. The molecule has 0 amide bonds. The van der Waals surface area contributed by atoms with Gasteiger partial charge in [0.1, 0.15) is 0 Å². The number of hydrogen-bond donors (Lipinski definition) is 2. The Hall–Kier alpha value is -0.940. The van der Waals surface area contributed by atoms with Gasteiger partial charge in [-0.3, -0.25) is 0 Å². The molecule has 0 spiro atoms. The minimum absolute atomic E-state index is 0.0380. The first kappa shape index (κ1) is 20.1. The molecule has 124 valence electrons. The van der Waals surface area contributed by atoms with Gasteiger partial charge in [-0.05, 0) is 24.2 Å². The first-order valence-corrected chi connectivity index (χ1v) is 6.23. The minimum atomic E-state index is -5.92. The highest BCUT2D eigenvalue weighted by Gasteiger charge is 2.70. The first-order chi connectivity index (χ1) is 9.27. The molecule has 0 atom stereocenters. The van der Waals surface area contributed by atoms with Crippen molar-refractivity contribution in [1.29, 1.82) is 0 Å². The van der Waals surface area contributed by atoms with E-state index in [0.29, 0.717) is 19.3 Å². The molecule has 0 aliphatic carbocycles.